The van der Waals surface area contributed by atoms with Crippen molar-refractivity contribution in [1.82, 2.24) is 4.90 Å². The molecular formula is C13H26N2O. The molecule has 0 aromatic carbocycles. The van der Waals surface area contributed by atoms with Crippen LogP contribution in [0.25, 0.3) is 0 Å². The fraction of sp³-hybridized carbons (Fsp3) is 1.00. The van der Waals surface area contributed by atoms with Crippen molar-refractivity contribution in [1.29, 1.82) is 0 Å². The van der Waals surface area contributed by atoms with Crippen LogP contribution in [0.15, 0.2) is 0 Å². The molecule has 2 atom stereocenters. The van der Waals surface area contributed by atoms with Crippen LogP contribution in [0.5, 0.6) is 0 Å². The SMILES string of the molecule is COC1CC(CN)(N2CCCC(C)C2C)C1. The molecule has 0 amide bonds. The molecule has 94 valence electrons. The molecule has 0 aromatic heterocycles. The van der Waals surface area contributed by atoms with E-state index in [9.17, 15) is 0 Å². The molecule has 0 spiro atoms. The lowest BCUT2D eigenvalue weighted by atomic mass is 9.70. The van der Waals surface area contributed by atoms with Gasteiger partial charge in [0.2, 0.25) is 0 Å². The lowest BCUT2D eigenvalue weighted by molar-refractivity contribution is -0.115. The second-order valence-corrected chi connectivity index (χ2v) is 5.75. The number of likely N-dealkylation sites (tertiary alicyclic amines) is 1. The minimum atomic E-state index is 0.245. The van der Waals surface area contributed by atoms with Crippen LogP contribution in [-0.2, 0) is 4.74 Å². The average Bonchev–Trinajstić information content (AvgIpc) is 2.23. The van der Waals surface area contributed by atoms with Crippen LogP contribution in [0, 0.1) is 5.92 Å². The summed E-state index contributed by atoms with van der Waals surface area (Å²) in [5, 5.41) is 0. The first-order valence-electron chi connectivity index (χ1n) is 6.62. The van der Waals surface area contributed by atoms with Gasteiger partial charge in [0.1, 0.15) is 0 Å². The van der Waals surface area contributed by atoms with Crippen molar-refractivity contribution in [2.75, 3.05) is 20.2 Å². The molecule has 0 radical (unpaired) electrons. The van der Waals surface area contributed by atoms with Gasteiger partial charge < -0.3 is 10.5 Å². The van der Waals surface area contributed by atoms with E-state index >= 15 is 0 Å². The molecule has 2 fully saturated rings. The van der Waals surface area contributed by atoms with E-state index in [4.69, 9.17) is 10.5 Å². The van der Waals surface area contributed by atoms with E-state index in [-0.39, 0.29) is 5.54 Å². The number of ether oxygens (including phenoxy) is 1. The van der Waals surface area contributed by atoms with Crippen LogP contribution in [0.2, 0.25) is 0 Å². The zero-order valence-corrected chi connectivity index (χ0v) is 10.9. The molecule has 2 rings (SSSR count). The van der Waals surface area contributed by atoms with Gasteiger partial charge in [0.05, 0.1) is 6.10 Å². The van der Waals surface area contributed by atoms with E-state index in [0.29, 0.717) is 12.1 Å². The van der Waals surface area contributed by atoms with Crippen molar-refractivity contribution in [2.24, 2.45) is 11.7 Å². The van der Waals surface area contributed by atoms with Gasteiger partial charge in [-0.05, 0) is 45.1 Å². The predicted octanol–water partition coefficient (Wildman–Crippen LogP) is 1.61. The zero-order chi connectivity index (χ0) is 11.8. The Hall–Kier alpha value is -0.120. The number of piperidine rings is 1. The normalized spacial score (nSPS) is 45.4. The van der Waals surface area contributed by atoms with Crippen molar-refractivity contribution < 1.29 is 4.74 Å². The Balaban J connectivity index is 2.04. The third-order valence-electron chi connectivity index (χ3n) is 4.91. The smallest absolute Gasteiger partial charge is 0.0607 e. The highest BCUT2D eigenvalue weighted by Gasteiger charge is 2.50. The first-order chi connectivity index (χ1) is 7.63. The first kappa shape index (κ1) is 12.3. The number of nitrogens with two attached hydrogens (primary N) is 1. The van der Waals surface area contributed by atoms with Gasteiger partial charge in [0.25, 0.3) is 0 Å². The van der Waals surface area contributed by atoms with Crippen LogP contribution >= 0.6 is 0 Å². The molecule has 1 saturated carbocycles. The average molecular weight is 226 g/mol. The number of methoxy groups -OCH3 is 1. The monoisotopic (exact) mass is 226 g/mol. The van der Waals surface area contributed by atoms with Crippen molar-refractivity contribution in [2.45, 2.75) is 57.2 Å². The maximum Gasteiger partial charge on any atom is 0.0607 e. The molecule has 16 heavy (non-hydrogen) atoms. The molecule has 2 unspecified atom stereocenters. The summed E-state index contributed by atoms with van der Waals surface area (Å²) in [4.78, 5) is 2.66. The Morgan fingerprint density at radius 1 is 1.38 bits per heavy atom. The largest absolute Gasteiger partial charge is 0.381 e. The summed E-state index contributed by atoms with van der Waals surface area (Å²) < 4.78 is 5.41. The molecule has 1 heterocycles. The summed E-state index contributed by atoms with van der Waals surface area (Å²) in [6, 6.07) is 0.676. The van der Waals surface area contributed by atoms with Crippen molar-refractivity contribution in [3.63, 3.8) is 0 Å². The van der Waals surface area contributed by atoms with Crippen LogP contribution in [0.1, 0.15) is 39.5 Å². The third kappa shape index (κ3) is 1.89. The second-order valence-electron chi connectivity index (χ2n) is 5.75. The van der Waals surface area contributed by atoms with Gasteiger partial charge in [0.15, 0.2) is 0 Å². The summed E-state index contributed by atoms with van der Waals surface area (Å²) in [5.74, 6) is 0.804. The van der Waals surface area contributed by atoms with Crippen LogP contribution in [0.4, 0.5) is 0 Å². The topological polar surface area (TPSA) is 38.5 Å². The number of hydrogen-bond acceptors (Lipinski definition) is 3. The van der Waals surface area contributed by atoms with Gasteiger partial charge in [0, 0.05) is 25.2 Å². The van der Waals surface area contributed by atoms with E-state index in [0.717, 1.165) is 25.3 Å². The van der Waals surface area contributed by atoms with E-state index in [1.807, 2.05) is 7.11 Å². The van der Waals surface area contributed by atoms with Gasteiger partial charge in [-0.1, -0.05) is 6.92 Å². The molecular weight excluding hydrogens is 200 g/mol. The van der Waals surface area contributed by atoms with Crippen LogP contribution in [0.3, 0.4) is 0 Å². The highest BCUT2D eigenvalue weighted by molar-refractivity contribution is 5.06. The fourth-order valence-electron chi connectivity index (χ4n) is 3.48. The molecule has 2 N–H and O–H groups in total. The van der Waals surface area contributed by atoms with Gasteiger partial charge in [-0.25, -0.2) is 0 Å². The summed E-state index contributed by atoms with van der Waals surface area (Å²) in [5.41, 5.74) is 6.27. The highest BCUT2D eigenvalue weighted by Crippen LogP contribution is 2.42. The predicted molar refractivity (Wildman–Crippen MR) is 66.4 cm³/mol. The van der Waals surface area contributed by atoms with Gasteiger partial charge in [-0.15, -0.1) is 0 Å². The minimum absolute atomic E-state index is 0.245. The van der Waals surface area contributed by atoms with E-state index in [2.05, 4.69) is 18.7 Å². The lowest BCUT2D eigenvalue weighted by Crippen LogP contribution is -2.67. The van der Waals surface area contributed by atoms with Crippen LogP contribution in [-0.4, -0.2) is 42.8 Å². The van der Waals surface area contributed by atoms with E-state index in [1.165, 1.54) is 19.4 Å². The van der Waals surface area contributed by atoms with E-state index < -0.39 is 0 Å². The maximum absolute atomic E-state index is 6.03. The quantitative estimate of drug-likeness (QED) is 0.794. The molecule has 0 bridgehead atoms. The molecule has 3 nitrogen and oxygen atoms in total. The van der Waals surface area contributed by atoms with Gasteiger partial charge >= 0.3 is 0 Å². The van der Waals surface area contributed by atoms with Gasteiger partial charge in [-0.2, -0.15) is 0 Å². The Bertz CT molecular complexity index is 238. The molecule has 0 aromatic rings. The summed E-state index contributed by atoms with van der Waals surface area (Å²) in [6.07, 6.45) is 5.37. The van der Waals surface area contributed by atoms with Crippen molar-refractivity contribution in [3.05, 3.63) is 0 Å². The summed E-state index contributed by atoms with van der Waals surface area (Å²) in [6.45, 7) is 6.73. The Labute approximate surface area is 99.3 Å². The summed E-state index contributed by atoms with van der Waals surface area (Å²) in [7, 11) is 1.81. The first-order valence-corrected chi connectivity index (χ1v) is 6.62. The fourth-order valence-corrected chi connectivity index (χ4v) is 3.48. The summed E-state index contributed by atoms with van der Waals surface area (Å²) >= 11 is 0. The second kappa shape index (κ2) is 4.63. The zero-order valence-electron chi connectivity index (χ0n) is 10.9. The minimum Gasteiger partial charge on any atom is -0.381 e. The molecule has 1 aliphatic heterocycles. The Kier molecular flexibility index (Phi) is 3.57. The number of hydrogen-bond donors (Lipinski definition) is 1. The highest BCUT2D eigenvalue weighted by atomic mass is 16.5. The molecule has 1 saturated heterocycles. The Morgan fingerprint density at radius 3 is 2.62 bits per heavy atom. The molecule has 3 heteroatoms. The van der Waals surface area contributed by atoms with E-state index in [1.54, 1.807) is 0 Å². The van der Waals surface area contributed by atoms with Crippen LogP contribution < -0.4 is 5.73 Å². The maximum atomic E-state index is 6.03. The van der Waals surface area contributed by atoms with Gasteiger partial charge in [-0.3, -0.25) is 4.90 Å². The molecule has 1 aliphatic carbocycles. The van der Waals surface area contributed by atoms with Crippen molar-refractivity contribution >= 4 is 0 Å². The molecule has 2 aliphatic rings. The standard InChI is InChI=1S/C13H26N2O/c1-10-5-4-6-15(11(10)2)13(9-14)7-12(8-13)16-3/h10-12H,4-9,14H2,1-3H3. The third-order valence-corrected chi connectivity index (χ3v) is 4.91. The number of nitrogens with zero attached hydrogens (tertiary/aromatic N) is 1. The number of rotatable bonds is 3. The van der Waals surface area contributed by atoms with Crippen molar-refractivity contribution in [3.8, 4) is 0 Å². The lowest BCUT2D eigenvalue weighted by Gasteiger charge is -2.57. The Morgan fingerprint density at radius 2 is 2.06 bits per heavy atom.